The third kappa shape index (κ3) is 2.27. The lowest BCUT2D eigenvalue weighted by Gasteiger charge is -2.18. The van der Waals surface area contributed by atoms with Crippen LogP contribution in [0.25, 0.3) is 0 Å². The minimum atomic E-state index is -0.879. The average molecular weight is 201 g/mol. The Morgan fingerprint density at radius 2 is 2.07 bits per heavy atom. The van der Waals surface area contributed by atoms with Gasteiger partial charge in [-0.15, -0.1) is 0 Å². The molecule has 0 aromatic heterocycles. The lowest BCUT2D eigenvalue weighted by molar-refractivity contribution is 0.139. The molecule has 0 heterocycles. The molecule has 14 heavy (non-hydrogen) atoms. The smallest absolute Gasteiger partial charge is 0.128 e. The van der Waals surface area contributed by atoms with E-state index in [2.05, 4.69) is 0 Å². The highest BCUT2D eigenvalue weighted by atomic mass is 19.1. The molecule has 0 saturated carbocycles. The number of rotatable bonds is 3. The molecule has 0 saturated heterocycles. The summed E-state index contributed by atoms with van der Waals surface area (Å²) in [6.45, 7) is 1.72. The third-order valence-electron chi connectivity index (χ3n) is 2.15. The molecule has 1 rings (SSSR count). The molecule has 0 bridgehead atoms. The van der Waals surface area contributed by atoms with Gasteiger partial charge in [0.15, 0.2) is 0 Å². The van der Waals surface area contributed by atoms with E-state index >= 15 is 0 Å². The summed E-state index contributed by atoms with van der Waals surface area (Å²) in [5.41, 5.74) is 5.58. The maximum absolute atomic E-state index is 13.2. The zero-order valence-corrected chi connectivity index (χ0v) is 7.87. The van der Waals surface area contributed by atoms with Crippen molar-refractivity contribution in [3.8, 4) is 0 Å². The van der Waals surface area contributed by atoms with Crippen molar-refractivity contribution in [2.75, 3.05) is 0 Å². The number of hydrogen-bond acceptors (Lipinski definition) is 2. The molecule has 0 aliphatic heterocycles. The normalized spacial score (nSPS) is 15.2. The molecule has 0 aliphatic carbocycles. The van der Waals surface area contributed by atoms with Gasteiger partial charge < -0.3 is 10.8 Å². The molecule has 0 aliphatic rings. The minimum Gasteiger partial charge on any atom is -0.391 e. The zero-order chi connectivity index (χ0) is 10.7. The van der Waals surface area contributed by atoms with Gasteiger partial charge >= 0.3 is 0 Å². The first-order chi connectivity index (χ1) is 6.56. The molecule has 0 unspecified atom stereocenters. The summed E-state index contributed by atoms with van der Waals surface area (Å²) in [6, 6.07) is 2.16. The molecule has 0 fully saturated rings. The van der Waals surface area contributed by atoms with Crippen LogP contribution in [0.15, 0.2) is 18.2 Å². The number of hydrogen-bond donors (Lipinski definition) is 2. The summed E-state index contributed by atoms with van der Waals surface area (Å²) < 4.78 is 25.9. The van der Waals surface area contributed by atoms with Crippen LogP contribution in [-0.2, 0) is 0 Å². The second kappa shape index (κ2) is 4.48. The topological polar surface area (TPSA) is 46.2 Å². The molecule has 0 radical (unpaired) electrons. The van der Waals surface area contributed by atoms with Crippen molar-refractivity contribution in [1.82, 2.24) is 0 Å². The largest absolute Gasteiger partial charge is 0.391 e. The second-order valence-electron chi connectivity index (χ2n) is 3.17. The van der Waals surface area contributed by atoms with Gasteiger partial charge in [-0.1, -0.05) is 6.92 Å². The summed E-state index contributed by atoms with van der Waals surface area (Å²) in [5, 5.41) is 9.38. The van der Waals surface area contributed by atoms with Gasteiger partial charge in [-0.05, 0) is 24.6 Å². The molecule has 4 heteroatoms. The number of aliphatic hydroxyl groups excluding tert-OH is 1. The van der Waals surface area contributed by atoms with Crippen LogP contribution in [0, 0.1) is 11.6 Å². The SMILES string of the molecule is CC[C@H](O)[C@H](N)c1cc(F)ccc1F. The average Bonchev–Trinajstić information content (AvgIpc) is 2.19. The van der Waals surface area contributed by atoms with Gasteiger partial charge in [0.1, 0.15) is 11.6 Å². The Morgan fingerprint density at radius 1 is 1.43 bits per heavy atom. The highest BCUT2D eigenvalue weighted by Crippen LogP contribution is 2.20. The van der Waals surface area contributed by atoms with Crippen molar-refractivity contribution >= 4 is 0 Å². The summed E-state index contributed by atoms with van der Waals surface area (Å²) in [6.07, 6.45) is -0.455. The third-order valence-corrected chi connectivity index (χ3v) is 2.15. The van der Waals surface area contributed by atoms with E-state index in [9.17, 15) is 13.9 Å². The summed E-state index contributed by atoms with van der Waals surface area (Å²) in [5.74, 6) is -1.15. The molecule has 78 valence electrons. The quantitative estimate of drug-likeness (QED) is 0.782. The molecule has 0 spiro atoms. The van der Waals surface area contributed by atoms with Gasteiger partial charge in [0.2, 0.25) is 0 Å². The van der Waals surface area contributed by atoms with E-state index in [0.717, 1.165) is 18.2 Å². The van der Waals surface area contributed by atoms with Crippen LogP contribution in [0.3, 0.4) is 0 Å². The Bertz CT molecular complexity index is 317. The fourth-order valence-electron chi connectivity index (χ4n) is 1.23. The molecular formula is C10H13F2NO. The van der Waals surface area contributed by atoms with Gasteiger partial charge in [-0.2, -0.15) is 0 Å². The van der Waals surface area contributed by atoms with Crippen LogP contribution >= 0.6 is 0 Å². The second-order valence-corrected chi connectivity index (χ2v) is 3.17. The highest BCUT2D eigenvalue weighted by molar-refractivity contribution is 5.22. The van der Waals surface area contributed by atoms with Gasteiger partial charge in [0.25, 0.3) is 0 Å². The van der Waals surface area contributed by atoms with E-state index < -0.39 is 23.8 Å². The molecule has 1 aromatic carbocycles. The van der Waals surface area contributed by atoms with Crippen molar-refractivity contribution < 1.29 is 13.9 Å². The Hall–Kier alpha value is -1.00. The number of nitrogens with two attached hydrogens (primary N) is 1. The molecule has 0 amide bonds. The predicted octanol–water partition coefficient (Wildman–Crippen LogP) is 1.74. The van der Waals surface area contributed by atoms with E-state index in [-0.39, 0.29) is 5.56 Å². The summed E-state index contributed by atoms with van der Waals surface area (Å²) in [7, 11) is 0. The Labute approximate surface area is 81.4 Å². The molecular weight excluding hydrogens is 188 g/mol. The van der Waals surface area contributed by atoms with Crippen molar-refractivity contribution in [1.29, 1.82) is 0 Å². The minimum absolute atomic E-state index is 0.0133. The van der Waals surface area contributed by atoms with Gasteiger partial charge in [-0.25, -0.2) is 8.78 Å². The summed E-state index contributed by atoms with van der Waals surface area (Å²) in [4.78, 5) is 0. The Morgan fingerprint density at radius 3 is 2.64 bits per heavy atom. The van der Waals surface area contributed by atoms with Crippen LogP contribution in [0.2, 0.25) is 0 Å². The van der Waals surface area contributed by atoms with Crippen molar-refractivity contribution in [3.63, 3.8) is 0 Å². The maximum Gasteiger partial charge on any atom is 0.128 e. The van der Waals surface area contributed by atoms with E-state index in [0.29, 0.717) is 6.42 Å². The molecule has 3 N–H and O–H groups in total. The Balaban J connectivity index is 2.99. The number of halogens is 2. The van der Waals surface area contributed by atoms with Gasteiger partial charge in [0, 0.05) is 5.56 Å². The van der Waals surface area contributed by atoms with Crippen LogP contribution in [0.5, 0.6) is 0 Å². The first-order valence-corrected chi connectivity index (χ1v) is 4.44. The Kier molecular flexibility index (Phi) is 3.55. The van der Waals surface area contributed by atoms with E-state index in [1.54, 1.807) is 6.92 Å². The maximum atomic E-state index is 13.2. The van der Waals surface area contributed by atoms with E-state index in [4.69, 9.17) is 5.73 Å². The predicted molar refractivity (Wildman–Crippen MR) is 49.6 cm³/mol. The van der Waals surface area contributed by atoms with Crippen molar-refractivity contribution in [3.05, 3.63) is 35.4 Å². The van der Waals surface area contributed by atoms with Crippen molar-refractivity contribution in [2.24, 2.45) is 5.73 Å². The molecule has 2 atom stereocenters. The van der Waals surface area contributed by atoms with E-state index in [1.165, 1.54) is 0 Å². The molecule has 1 aromatic rings. The lowest BCUT2D eigenvalue weighted by Crippen LogP contribution is -2.26. The monoisotopic (exact) mass is 201 g/mol. The van der Waals surface area contributed by atoms with Gasteiger partial charge in [0.05, 0.1) is 12.1 Å². The van der Waals surface area contributed by atoms with E-state index in [1.807, 2.05) is 0 Å². The van der Waals surface area contributed by atoms with Gasteiger partial charge in [-0.3, -0.25) is 0 Å². The van der Waals surface area contributed by atoms with Crippen molar-refractivity contribution in [2.45, 2.75) is 25.5 Å². The van der Waals surface area contributed by atoms with Crippen LogP contribution in [0.4, 0.5) is 8.78 Å². The first kappa shape index (κ1) is 11.1. The summed E-state index contributed by atoms with van der Waals surface area (Å²) >= 11 is 0. The lowest BCUT2D eigenvalue weighted by atomic mass is 10.00. The van der Waals surface area contributed by atoms with Crippen LogP contribution in [0.1, 0.15) is 24.9 Å². The number of benzene rings is 1. The zero-order valence-electron chi connectivity index (χ0n) is 7.87. The number of aliphatic hydroxyl groups is 1. The fraction of sp³-hybridized carbons (Fsp3) is 0.400. The first-order valence-electron chi connectivity index (χ1n) is 4.44. The fourth-order valence-corrected chi connectivity index (χ4v) is 1.23. The molecule has 2 nitrogen and oxygen atoms in total. The highest BCUT2D eigenvalue weighted by Gasteiger charge is 2.18. The van der Waals surface area contributed by atoms with Crippen LogP contribution in [-0.4, -0.2) is 11.2 Å². The van der Waals surface area contributed by atoms with Crippen LogP contribution < -0.4 is 5.73 Å². The standard InChI is InChI=1S/C10H13F2NO/c1-2-9(14)10(13)7-5-6(11)3-4-8(7)12/h3-5,9-10,14H,2,13H2,1H3/t9-,10+/m0/s1.